The van der Waals surface area contributed by atoms with Crippen LogP contribution in [0.2, 0.25) is 0 Å². The Morgan fingerprint density at radius 2 is 2.11 bits per heavy atom. The average Bonchev–Trinajstić information content (AvgIpc) is 2.94. The number of fused-ring (bicyclic) bond motifs is 1. The lowest BCUT2D eigenvalue weighted by molar-refractivity contribution is 0.202. The molecule has 98 valence electrons. The molecule has 6 heteroatoms. The van der Waals surface area contributed by atoms with Crippen molar-refractivity contribution in [3.63, 3.8) is 0 Å². The molecule has 0 aliphatic carbocycles. The van der Waals surface area contributed by atoms with E-state index in [1.165, 1.54) is 16.9 Å². The molecule has 0 N–H and O–H groups in total. The normalized spacial score (nSPS) is 11.3. The molecule has 0 aliphatic heterocycles. The third-order valence-corrected chi connectivity index (χ3v) is 4.22. The van der Waals surface area contributed by atoms with Crippen LogP contribution in [0.3, 0.4) is 0 Å². The van der Waals surface area contributed by atoms with Gasteiger partial charge in [-0.3, -0.25) is 0 Å². The van der Waals surface area contributed by atoms with Gasteiger partial charge in [0.25, 0.3) is 0 Å². The molecule has 1 aromatic carbocycles. The number of benzene rings is 1. The van der Waals surface area contributed by atoms with Gasteiger partial charge in [0.2, 0.25) is 4.96 Å². The van der Waals surface area contributed by atoms with Crippen LogP contribution in [-0.2, 0) is 11.2 Å². The number of ether oxygens (including phenoxy) is 1. The fourth-order valence-electron chi connectivity index (χ4n) is 1.88. The van der Waals surface area contributed by atoms with E-state index in [9.17, 15) is 0 Å². The van der Waals surface area contributed by atoms with E-state index in [-0.39, 0.29) is 0 Å². The Bertz CT molecular complexity index is 658. The summed E-state index contributed by atoms with van der Waals surface area (Å²) in [6, 6.07) is 8.41. The van der Waals surface area contributed by atoms with Crippen molar-refractivity contribution in [3.05, 3.63) is 39.9 Å². The minimum atomic E-state index is 0.748. The molecule has 2 heterocycles. The maximum atomic E-state index is 5.07. The number of halogens is 1. The summed E-state index contributed by atoms with van der Waals surface area (Å²) in [7, 11) is 1.72. The van der Waals surface area contributed by atoms with Crippen molar-refractivity contribution < 1.29 is 4.74 Å². The van der Waals surface area contributed by atoms with E-state index in [2.05, 4.69) is 50.3 Å². The molecule has 0 unspecified atom stereocenters. The quantitative estimate of drug-likeness (QED) is 0.732. The number of methoxy groups -OCH3 is 1. The second-order valence-electron chi connectivity index (χ2n) is 4.15. The minimum Gasteiger partial charge on any atom is -0.384 e. The van der Waals surface area contributed by atoms with Crippen molar-refractivity contribution in [1.82, 2.24) is 14.6 Å². The van der Waals surface area contributed by atoms with Crippen LogP contribution >= 0.6 is 27.3 Å². The number of hydrogen-bond acceptors (Lipinski definition) is 4. The van der Waals surface area contributed by atoms with E-state index in [0.29, 0.717) is 0 Å². The molecule has 0 atom stereocenters. The second kappa shape index (κ2) is 5.40. The van der Waals surface area contributed by atoms with Crippen molar-refractivity contribution in [2.75, 3.05) is 13.7 Å². The monoisotopic (exact) mass is 337 g/mol. The summed E-state index contributed by atoms with van der Waals surface area (Å²) in [6.07, 6.45) is 2.88. The van der Waals surface area contributed by atoms with Crippen molar-refractivity contribution in [3.8, 4) is 11.3 Å². The zero-order chi connectivity index (χ0) is 13.2. The van der Waals surface area contributed by atoms with Crippen LogP contribution in [0.4, 0.5) is 0 Å². The third kappa shape index (κ3) is 2.70. The molecule has 3 rings (SSSR count). The van der Waals surface area contributed by atoms with E-state index in [4.69, 9.17) is 4.74 Å². The van der Waals surface area contributed by atoms with Crippen molar-refractivity contribution in [2.24, 2.45) is 0 Å². The van der Waals surface area contributed by atoms with Gasteiger partial charge in [0, 0.05) is 12.7 Å². The van der Waals surface area contributed by atoms with Gasteiger partial charge in [0.1, 0.15) is 0 Å². The van der Waals surface area contributed by atoms with E-state index < -0.39 is 0 Å². The molecule has 0 aliphatic rings. The molecule has 19 heavy (non-hydrogen) atoms. The van der Waals surface area contributed by atoms with Crippen LogP contribution in [0.25, 0.3) is 16.2 Å². The van der Waals surface area contributed by atoms with Crippen LogP contribution in [0.15, 0.2) is 34.4 Å². The fourth-order valence-corrected chi connectivity index (χ4v) is 3.09. The average molecular weight is 338 g/mol. The molecule has 0 spiro atoms. The zero-order valence-corrected chi connectivity index (χ0v) is 12.7. The van der Waals surface area contributed by atoms with Crippen LogP contribution in [0.5, 0.6) is 0 Å². The molecule has 2 aromatic heterocycles. The van der Waals surface area contributed by atoms with Crippen LogP contribution < -0.4 is 0 Å². The van der Waals surface area contributed by atoms with Gasteiger partial charge in [-0.15, -0.1) is 5.10 Å². The molecule has 4 nitrogen and oxygen atoms in total. The maximum Gasteiger partial charge on any atom is 0.213 e. The second-order valence-corrected chi connectivity index (χ2v) is 6.38. The molecule has 0 bridgehead atoms. The van der Waals surface area contributed by atoms with Gasteiger partial charge in [-0.2, -0.15) is 0 Å². The van der Waals surface area contributed by atoms with Crippen LogP contribution in [-0.4, -0.2) is 28.3 Å². The third-order valence-electron chi connectivity index (χ3n) is 2.86. The van der Waals surface area contributed by atoms with Gasteiger partial charge in [-0.1, -0.05) is 35.6 Å². The van der Waals surface area contributed by atoms with E-state index in [1.807, 2.05) is 6.20 Å². The van der Waals surface area contributed by atoms with Gasteiger partial charge >= 0.3 is 0 Å². The van der Waals surface area contributed by atoms with Gasteiger partial charge in [0.15, 0.2) is 3.92 Å². The minimum absolute atomic E-state index is 0.748. The number of imidazole rings is 1. The lowest BCUT2D eigenvalue weighted by atomic mass is 10.1. The summed E-state index contributed by atoms with van der Waals surface area (Å²) in [5, 5.41) is 4.29. The Morgan fingerprint density at radius 3 is 2.79 bits per heavy atom. The first kappa shape index (κ1) is 12.8. The van der Waals surface area contributed by atoms with Crippen LogP contribution in [0.1, 0.15) is 5.56 Å². The number of hydrogen-bond donors (Lipinski definition) is 0. The topological polar surface area (TPSA) is 39.4 Å². The smallest absolute Gasteiger partial charge is 0.213 e. The van der Waals surface area contributed by atoms with Gasteiger partial charge in [0.05, 0.1) is 18.5 Å². The number of nitrogens with zero attached hydrogens (tertiary/aromatic N) is 3. The highest BCUT2D eigenvalue weighted by Crippen LogP contribution is 2.24. The molecule has 0 radical (unpaired) electrons. The lowest BCUT2D eigenvalue weighted by Gasteiger charge is -2.01. The van der Waals surface area contributed by atoms with E-state index in [1.54, 1.807) is 11.6 Å². The highest BCUT2D eigenvalue weighted by Gasteiger charge is 2.08. The first-order valence-corrected chi connectivity index (χ1v) is 7.47. The Hall–Kier alpha value is -1.24. The maximum absolute atomic E-state index is 5.07. The molecular formula is C13H12BrN3OS. The molecule has 0 fully saturated rings. The van der Waals surface area contributed by atoms with Crippen molar-refractivity contribution >= 4 is 32.2 Å². The summed E-state index contributed by atoms with van der Waals surface area (Å²) in [6.45, 7) is 0.748. The van der Waals surface area contributed by atoms with Crippen molar-refractivity contribution in [1.29, 1.82) is 0 Å². The molecule has 0 amide bonds. The zero-order valence-electron chi connectivity index (χ0n) is 10.3. The largest absolute Gasteiger partial charge is 0.384 e. The van der Waals surface area contributed by atoms with E-state index in [0.717, 1.165) is 33.2 Å². The predicted molar refractivity (Wildman–Crippen MR) is 79.6 cm³/mol. The van der Waals surface area contributed by atoms with Gasteiger partial charge < -0.3 is 4.74 Å². The van der Waals surface area contributed by atoms with E-state index >= 15 is 0 Å². The first-order valence-electron chi connectivity index (χ1n) is 5.86. The van der Waals surface area contributed by atoms with Crippen LogP contribution in [0, 0.1) is 0 Å². The number of aromatic nitrogens is 3. The lowest BCUT2D eigenvalue weighted by Crippen LogP contribution is -1.93. The Morgan fingerprint density at radius 1 is 1.32 bits per heavy atom. The summed E-state index contributed by atoms with van der Waals surface area (Å²) in [5.74, 6) is 0. The summed E-state index contributed by atoms with van der Waals surface area (Å²) in [5.41, 5.74) is 3.33. The molecule has 3 aromatic rings. The number of rotatable bonds is 4. The highest BCUT2D eigenvalue weighted by molar-refractivity contribution is 9.11. The summed E-state index contributed by atoms with van der Waals surface area (Å²) >= 11 is 4.88. The molecule has 0 saturated carbocycles. The van der Waals surface area contributed by atoms with Gasteiger partial charge in [-0.25, -0.2) is 9.50 Å². The fraction of sp³-hybridized carbons (Fsp3) is 0.231. The Kier molecular flexibility index (Phi) is 3.63. The van der Waals surface area contributed by atoms with Crippen molar-refractivity contribution in [2.45, 2.75) is 6.42 Å². The Labute approximate surface area is 123 Å². The molecule has 0 saturated heterocycles. The SMILES string of the molecule is COCCc1ccc(-c2cn3nc(Br)sc3n2)cc1. The molecular weight excluding hydrogens is 326 g/mol. The predicted octanol–water partition coefficient (Wildman–Crippen LogP) is 3.41. The summed E-state index contributed by atoms with van der Waals surface area (Å²) in [4.78, 5) is 5.45. The Balaban J connectivity index is 1.86. The van der Waals surface area contributed by atoms with Gasteiger partial charge in [-0.05, 0) is 27.9 Å². The highest BCUT2D eigenvalue weighted by atomic mass is 79.9. The summed E-state index contributed by atoms with van der Waals surface area (Å²) < 4.78 is 7.71. The first-order chi connectivity index (χ1) is 9.26. The standard InChI is InChI=1S/C13H12BrN3OS/c1-18-7-6-9-2-4-10(5-3-9)11-8-17-13(15-11)19-12(14)16-17/h2-5,8H,6-7H2,1H3.